The summed E-state index contributed by atoms with van der Waals surface area (Å²) in [6.07, 6.45) is -0.123. The molecule has 0 atom stereocenters. The maximum atomic E-state index is 11.8. The van der Waals surface area contributed by atoms with E-state index in [1.165, 1.54) is 0 Å². The van der Waals surface area contributed by atoms with Gasteiger partial charge < -0.3 is 10.2 Å². The predicted octanol–water partition coefficient (Wildman–Crippen LogP) is 2.95. The number of rotatable bonds is 5. The normalized spacial score (nSPS) is 10.1. The first-order valence-corrected chi connectivity index (χ1v) is 7.11. The SMILES string of the molecule is CCN(CC)C(=O)CC(=O)Nc1ccc(C)cc1Br. The average Bonchev–Trinajstić information content (AvgIpc) is 2.34. The minimum absolute atomic E-state index is 0.123. The summed E-state index contributed by atoms with van der Waals surface area (Å²) in [6.45, 7) is 7.01. The molecule has 0 saturated heterocycles. The van der Waals surface area contributed by atoms with Crippen LogP contribution in [0.5, 0.6) is 0 Å². The topological polar surface area (TPSA) is 49.4 Å². The van der Waals surface area contributed by atoms with Crippen LogP contribution >= 0.6 is 15.9 Å². The molecule has 0 unspecified atom stereocenters. The first kappa shape index (κ1) is 15.7. The number of hydrogen-bond acceptors (Lipinski definition) is 2. The Balaban J connectivity index is 2.63. The summed E-state index contributed by atoms with van der Waals surface area (Å²) in [5, 5.41) is 2.74. The van der Waals surface area contributed by atoms with E-state index in [-0.39, 0.29) is 18.2 Å². The van der Waals surface area contributed by atoms with Crippen LogP contribution in [-0.4, -0.2) is 29.8 Å². The van der Waals surface area contributed by atoms with Gasteiger partial charge in [-0.2, -0.15) is 0 Å². The lowest BCUT2D eigenvalue weighted by molar-refractivity contribution is -0.134. The summed E-state index contributed by atoms with van der Waals surface area (Å²) in [5.74, 6) is -0.438. The van der Waals surface area contributed by atoms with Gasteiger partial charge in [-0.25, -0.2) is 0 Å². The molecule has 0 saturated carbocycles. The number of nitrogens with one attached hydrogen (secondary N) is 1. The van der Waals surface area contributed by atoms with Gasteiger partial charge in [-0.15, -0.1) is 0 Å². The monoisotopic (exact) mass is 326 g/mol. The highest BCUT2D eigenvalue weighted by atomic mass is 79.9. The van der Waals surface area contributed by atoms with Crippen LogP contribution in [0.4, 0.5) is 5.69 Å². The Morgan fingerprint density at radius 1 is 1.26 bits per heavy atom. The standard InChI is InChI=1S/C14H19BrN2O2/c1-4-17(5-2)14(19)9-13(18)16-12-7-6-10(3)8-11(12)15/h6-8H,4-5,9H2,1-3H3,(H,16,18). The highest BCUT2D eigenvalue weighted by Gasteiger charge is 2.15. The molecule has 104 valence electrons. The van der Waals surface area contributed by atoms with Crippen molar-refractivity contribution in [2.24, 2.45) is 0 Å². The zero-order valence-electron chi connectivity index (χ0n) is 11.5. The molecule has 0 fully saturated rings. The molecule has 4 nitrogen and oxygen atoms in total. The Kier molecular flexibility index (Phi) is 6.02. The molecule has 0 aliphatic rings. The van der Waals surface area contributed by atoms with Gasteiger partial charge in [0.25, 0.3) is 0 Å². The maximum absolute atomic E-state index is 11.8. The molecule has 0 aromatic heterocycles. The van der Waals surface area contributed by atoms with Gasteiger partial charge in [-0.1, -0.05) is 6.07 Å². The number of benzene rings is 1. The highest BCUT2D eigenvalue weighted by molar-refractivity contribution is 9.10. The fourth-order valence-electron chi connectivity index (χ4n) is 1.74. The first-order valence-electron chi connectivity index (χ1n) is 6.31. The summed E-state index contributed by atoms with van der Waals surface area (Å²) in [7, 11) is 0. The number of carbonyl (C=O) groups is 2. The molecule has 0 aliphatic carbocycles. The zero-order chi connectivity index (χ0) is 14.4. The van der Waals surface area contributed by atoms with E-state index in [4.69, 9.17) is 0 Å². The smallest absolute Gasteiger partial charge is 0.233 e. The van der Waals surface area contributed by atoms with Gasteiger partial charge in [0.1, 0.15) is 6.42 Å². The summed E-state index contributed by atoms with van der Waals surface area (Å²) in [6, 6.07) is 5.65. The van der Waals surface area contributed by atoms with Gasteiger partial charge in [-0.05, 0) is 54.4 Å². The molecule has 0 radical (unpaired) electrons. The third-order valence-electron chi connectivity index (χ3n) is 2.83. The third-order valence-corrected chi connectivity index (χ3v) is 3.48. The van der Waals surface area contributed by atoms with Gasteiger partial charge in [0, 0.05) is 17.6 Å². The van der Waals surface area contributed by atoms with E-state index in [9.17, 15) is 9.59 Å². The lowest BCUT2D eigenvalue weighted by Crippen LogP contribution is -2.33. The predicted molar refractivity (Wildman–Crippen MR) is 80.1 cm³/mol. The quantitative estimate of drug-likeness (QED) is 0.846. The van der Waals surface area contributed by atoms with Crippen LogP contribution in [0.1, 0.15) is 25.8 Å². The Labute approximate surface area is 122 Å². The number of hydrogen-bond donors (Lipinski definition) is 1. The van der Waals surface area contributed by atoms with Crippen molar-refractivity contribution in [3.63, 3.8) is 0 Å². The lowest BCUT2D eigenvalue weighted by atomic mass is 10.2. The van der Waals surface area contributed by atoms with Crippen LogP contribution in [0.2, 0.25) is 0 Å². The van der Waals surface area contributed by atoms with Crippen LogP contribution in [0.15, 0.2) is 22.7 Å². The number of anilines is 1. The second-order valence-corrected chi connectivity index (χ2v) is 5.13. The molecule has 1 rings (SSSR count). The molecule has 1 aromatic rings. The average molecular weight is 327 g/mol. The van der Waals surface area contributed by atoms with Crippen LogP contribution in [-0.2, 0) is 9.59 Å². The van der Waals surface area contributed by atoms with Crippen molar-refractivity contribution in [2.75, 3.05) is 18.4 Å². The van der Waals surface area contributed by atoms with Crippen molar-refractivity contribution in [3.8, 4) is 0 Å². The number of carbonyl (C=O) groups excluding carboxylic acids is 2. The minimum atomic E-state index is -0.290. The molecule has 0 heterocycles. The summed E-state index contributed by atoms with van der Waals surface area (Å²) in [4.78, 5) is 25.3. The number of halogens is 1. The van der Waals surface area contributed by atoms with Crippen LogP contribution in [0.3, 0.4) is 0 Å². The molecular formula is C14H19BrN2O2. The van der Waals surface area contributed by atoms with Gasteiger partial charge in [0.05, 0.1) is 5.69 Å². The summed E-state index contributed by atoms with van der Waals surface area (Å²) >= 11 is 3.39. The zero-order valence-corrected chi connectivity index (χ0v) is 13.1. The fraction of sp³-hybridized carbons (Fsp3) is 0.429. The van der Waals surface area contributed by atoms with Crippen molar-refractivity contribution >= 4 is 33.4 Å². The van der Waals surface area contributed by atoms with Crippen molar-refractivity contribution in [1.29, 1.82) is 0 Å². The molecule has 0 bridgehead atoms. The summed E-state index contributed by atoms with van der Waals surface area (Å²) in [5.41, 5.74) is 1.78. The van der Waals surface area contributed by atoms with Gasteiger partial charge >= 0.3 is 0 Å². The minimum Gasteiger partial charge on any atom is -0.343 e. The molecule has 0 aliphatic heterocycles. The molecule has 1 aromatic carbocycles. The Morgan fingerprint density at radius 2 is 1.89 bits per heavy atom. The molecular weight excluding hydrogens is 308 g/mol. The van der Waals surface area contributed by atoms with Gasteiger partial charge in [-0.3, -0.25) is 9.59 Å². The first-order chi connectivity index (χ1) is 8.97. The van der Waals surface area contributed by atoms with Gasteiger partial charge in [0.15, 0.2) is 0 Å². The van der Waals surface area contributed by atoms with Crippen LogP contribution < -0.4 is 5.32 Å². The van der Waals surface area contributed by atoms with Crippen LogP contribution in [0.25, 0.3) is 0 Å². The molecule has 2 amide bonds. The lowest BCUT2D eigenvalue weighted by Gasteiger charge is -2.18. The van der Waals surface area contributed by atoms with E-state index in [2.05, 4.69) is 21.2 Å². The Bertz CT molecular complexity index is 471. The van der Waals surface area contributed by atoms with Crippen molar-refractivity contribution < 1.29 is 9.59 Å². The summed E-state index contributed by atoms with van der Waals surface area (Å²) < 4.78 is 0.816. The molecule has 0 spiro atoms. The Morgan fingerprint density at radius 3 is 2.42 bits per heavy atom. The van der Waals surface area contributed by atoms with E-state index in [1.807, 2.05) is 39.0 Å². The van der Waals surface area contributed by atoms with Crippen molar-refractivity contribution in [1.82, 2.24) is 4.90 Å². The molecule has 5 heteroatoms. The fourth-order valence-corrected chi connectivity index (χ4v) is 2.33. The highest BCUT2D eigenvalue weighted by Crippen LogP contribution is 2.23. The number of aryl methyl sites for hydroxylation is 1. The number of amides is 2. The Hall–Kier alpha value is -1.36. The van der Waals surface area contributed by atoms with E-state index < -0.39 is 0 Å². The van der Waals surface area contributed by atoms with Crippen LogP contribution in [0, 0.1) is 6.92 Å². The molecule has 1 N–H and O–H groups in total. The second-order valence-electron chi connectivity index (χ2n) is 4.27. The maximum Gasteiger partial charge on any atom is 0.233 e. The third kappa shape index (κ3) is 4.67. The van der Waals surface area contributed by atoms with Gasteiger partial charge in [0.2, 0.25) is 11.8 Å². The molecule has 19 heavy (non-hydrogen) atoms. The van der Waals surface area contributed by atoms with E-state index in [0.29, 0.717) is 18.8 Å². The van der Waals surface area contributed by atoms with Crippen molar-refractivity contribution in [3.05, 3.63) is 28.2 Å². The van der Waals surface area contributed by atoms with E-state index in [0.717, 1.165) is 10.0 Å². The van der Waals surface area contributed by atoms with E-state index in [1.54, 1.807) is 4.90 Å². The number of nitrogens with zero attached hydrogens (tertiary/aromatic N) is 1. The van der Waals surface area contributed by atoms with Crippen molar-refractivity contribution in [2.45, 2.75) is 27.2 Å². The van der Waals surface area contributed by atoms with E-state index >= 15 is 0 Å². The second kappa shape index (κ2) is 7.28. The largest absolute Gasteiger partial charge is 0.343 e.